The van der Waals surface area contributed by atoms with Crippen LogP contribution in [0.15, 0.2) is 0 Å². The van der Waals surface area contributed by atoms with Crippen LogP contribution in [0.4, 0.5) is 0 Å². The molecule has 2 N–H and O–H groups in total. The van der Waals surface area contributed by atoms with Gasteiger partial charge in [0.1, 0.15) is 0 Å². The van der Waals surface area contributed by atoms with Gasteiger partial charge in [-0.25, -0.2) is 10.1 Å². The third-order valence-electron chi connectivity index (χ3n) is 4.57. The lowest BCUT2D eigenvalue weighted by Crippen LogP contribution is -2.02. The highest BCUT2D eigenvalue weighted by atomic mass is 17.9. The molecule has 0 aromatic heterocycles. The van der Waals surface area contributed by atoms with Crippen molar-refractivity contribution in [3.05, 3.63) is 0 Å². The van der Waals surface area contributed by atoms with Crippen LogP contribution < -0.4 is 0 Å². The van der Waals surface area contributed by atoms with Crippen molar-refractivity contribution in [1.82, 2.24) is 0 Å². The highest BCUT2D eigenvalue weighted by molar-refractivity contribution is 4.51. The first-order valence-corrected chi connectivity index (χ1v) is 10.9. The van der Waals surface area contributed by atoms with E-state index in [9.17, 15) is 5.11 Å². The molecule has 1 atom stereocenters. The molecule has 29 heavy (non-hydrogen) atoms. The largest absolute Gasteiger partial charge is 0.393 e. The van der Waals surface area contributed by atoms with Crippen molar-refractivity contribution in [2.24, 2.45) is 0 Å². The maximum Gasteiger partial charge on any atom is 0.0855 e. The first-order chi connectivity index (χ1) is 14.3. The van der Waals surface area contributed by atoms with Crippen molar-refractivity contribution in [2.45, 2.75) is 116 Å². The molecule has 0 heterocycles. The molecule has 0 aliphatic heterocycles. The molecule has 0 fully saturated rings. The second-order valence-electron chi connectivity index (χ2n) is 7.25. The SMILES string of the molecule is CC(O)CCCCCCCCCCCCCCCCCOOOOOOOOO. The normalized spacial score (nSPS) is 12.5. The molecule has 0 saturated heterocycles. The molecule has 0 aliphatic rings. The monoisotopic (exact) mass is 428 g/mol. The summed E-state index contributed by atoms with van der Waals surface area (Å²) in [5, 5.41) is 42.4. The predicted molar refractivity (Wildman–Crippen MR) is 102 cm³/mol. The summed E-state index contributed by atoms with van der Waals surface area (Å²) >= 11 is 0. The minimum Gasteiger partial charge on any atom is -0.393 e. The quantitative estimate of drug-likeness (QED) is 0.108. The summed E-state index contributed by atoms with van der Waals surface area (Å²) in [6.07, 6.45) is 19.5. The van der Waals surface area contributed by atoms with E-state index >= 15 is 0 Å². The smallest absolute Gasteiger partial charge is 0.0855 e. The van der Waals surface area contributed by atoms with E-state index in [0.717, 1.165) is 25.7 Å². The van der Waals surface area contributed by atoms with Crippen molar-refractivity contribution in [3.63, 3.8) is 0 Å². The number of aliphatic hydroxyl groups excluding tert-OH is 1. The van der Waals surface area contributed by atoms with E-state index < -0.39 is 0 Å². The average molecular weight is 429 g/mol. The van der Waals surface area contributed by atoms with Gasteiger partial charge in [-0.15, -0.1) is 0 Å². The molecule has 0 amide bonds. The topological polar surface area (TPSA) is 114 Å². The molecule has 0 aromatic carbocycles. The van der Waals surface area contributed by atoms with Gasteiger partial charge < -0.3 is 5.11 Å². The Morgan fingerprint density at radius 3 is 1.34 bits per heavy atom. The molecule has 0 saturated carbocycles. The van der Waals surface area contributed by atoms with E-state index in [4.69, 9.17) is 5.26 Å². The zero-order chi connectivity index (χ0) is 21.3. The molecule has 10 heteroatoms. The van der Waals surface area contributed by atoms with Crippen LogP contribution in [-0.4, -0.2) is 23.1 Å². The van der Waals surface area contributed by atoms with Crippen LogP contribution in [0.5, 0.6) is 0 Å². The maximum atomic E-state index is 9.19. The van der Waals surface area contributed by atoms with E-state index in [2.05, 4.69) is 40.2 Å². The standard InChI is InChI=1S/C19H40O10/c1-19(20)17-15-13-11-9-7-5-3-2-4-6-8-10-12-14-16-18-22-24-26-28-29-27-25-23-21/h19-21H,2-18H2,1H3. The fraction of sp³-hybridized carbons (Fsp3) is 1.00. The second-order valence-corrected chi connectivity index (χ2v) is 7.25. The van der Waals surface area contributed by atoms with Crippen molar-refractivity contribution in [2.75, 3.05) is 6.61 Å². The van der Waals surface area contributed by atoms with Crippen LogP contribution in [-0.2, 0) is 40.2 Å². The Hall–Kier alpha value is -0.400. The number of aliphatic hydroxyl groups is 1. The van der Waals surface area contributed by atoms with E-state index in [-0.39, 0.29) is 6.10 Å². The molecule has 176 valence electrons. The lowest BCUT2D eigenvalue weighted by atomic mass is 10.0. The van der Waals surface area contributed by atoms with Gasteiger partial charge in [-0.3, -0.25) is 0 Å². The predicted octanol–water partition coefficient (Wildman–Crippen LogP) is 5.62. The summed E-state index contributed by atoms with van der Waals surface area (Å²) < 4.78 is 0. The summed E-state index contributed by atoms with van der Waals surface area (Å²) in [4.78, 5) is 4.65. The maximum absolute atomic E-state index is 9.19. The van der Waals surface area contributed by atoms with E-state index in [1.807, 2.05) is 6.92 Å². The number of unbranched alkanes of at least 4 members (excludes halogenated alkanes) is 14. The molecule has 0 spiro atoms. The van der Waals surface area contributed by atoms with Crippen molar-refractivity contribution in [1.29, 1.82) is 0 Å². The third kappa shape index (κ3) is 27.6. The molecule has 10 nitrogen and oxygen atoms in total. The summed E-state index contributed by atoms with van der Waals surface area (Å²) in [6, 6.07) is 0. The van der Waals surface area contributed by atoms with E-state index in [1.54, 1.807) is 0 Å². The van der Waals surface area contributed by atoms with Gasteiger partial charge in [0.15, 0.2) is 0 Å². The number of rotatable bonds is 25. The molecule has 1 unspecified atom stereocenters. The van der Waals surface area contributed by atoms with Gasteiger partial charge in [0.25, 0.3) is 0 Å². The molecular weight excluding hydrogens is 388 g/mol. The highest BCUT2D eigenvalue weighted by Gasteiger charge is 1.98. The highest BCUT2D eigenvalue weighted by Crippen LogP contribution is 2.14. The number of hydrogen-bond acceptors (Lipinski definition) is 10. The lowest BCUT2D eigenvalue weighted by molar-refractivity contribution is -0.830. The molecule has 0 aromatic rings. The first-order valence-electron chi connectivity index (χ1n) is 10.9. The van der Waals surface area contributed by atoms with Gasteiger partial charge in [-0.2, -0.15) is 0 Å². The number of hydrogen-bond donors (Lipinski definition) is 2. The van der Waals surface area contributed by atoms with Crippen molar-refractivity contribution in [3.8, 4) is 0 Å². The van der Waals surface area contributed by atoms with Crippen molar-refractivity contribution < 1.29 is 50.5 Å². The summed E-state index contributed by atoms with van der Waals surface area (Å²) in [5.74, 6) is 0. The minimum absolute atomic E-state index is 0.140. The Morgan fingerprint density at radius 2 is 0.897 bits per heavy atom. The van der Waals surface area contributed by atoms with Crippen molar-refractivity contribution >= 4 is 0 Å². The Bertz CT molecular complexity index is 294. The first kappa shape index (κ1) is 28.6. The summed E-state index contributed by atoms with van der Waals surface area (Å²) in [6.45, 7) is 2.23. The zero-order valence-electron chi connectivity index (χ0n) is 17.8. The molecular formula is C19H40O10. The van der Waals surface area contributed by atoms with E-state index in [0.29, 0.717) is 6.61 Å². The van der Waals surface area contributed by atoms with Crippen LogP contribution in [0.1, 0.15) is 110 Å². The van der Waals surface area contributed by atoms with Crippen LogP contribution in [0.3, 0.4) is 0 Å². The fourth-order valence-electron chi connectivity index (χ4n) is 3.01. The van der Waals surface area contributed by atoms with Gasteiger partial charge in [0.2, 0.25) is 0 Å². The second kappa shape index (κ2) is 25.6. The Labute approximate surface area is 173 Å². The van der Waals surface area contributed by atoms with E-state index in [1.165, 1.54) is 77.0 Å². The Morgan fingerprint density at radius 1 is 0.517 bits per heavy atom. The van der Waals surface area contributed by atoms with Gasteiger partial charge in [-0.1, -0.05) is 89.9 Å². The van der Waals surface area contributed by atoms with Gasteiger partial charge in [-0.05, 0) is 55.0 Å². The Balaban J connectivity index is 2.98. The molecule has 0 radical (unpaired) electrons. The van der Waals surface area contributed by atoms with Crippen LogP contribution >= 0.6 is 0 Å². The van der Waals surface area contributed by atoms with Gasteiger partial charge >= 0.3 is 0 Å². The lowest BCUT2D eigenvalue weighted by Gasteiger charge is -2.04. The Kier molecular flexibility index (Phi) is 25.3. The fourth-order valence-corrected chi connectivity index (χ4v) is 3.01. The van der Waals surface area contributed by atoms with Crippen LogP contribution in [0, 0.1) is 0 Å². The van der Waals surface area contributed by atoms with Gasteiger partial charge in [0, 0.05) is 0 Å². The molecule has 0 rings (SSSR count). The minimum atomic E-state index is -0.140. The van der Waals surface area contributed by atoms with Crippen LogP contribution in [0.25, 0.3) is 0 Å². The molecule has 0 bridgehead atoms. The van der Waals surface area contributed by atoms with Gasteiger partial charge in [0.05, 0.1) is 12.7 Å². The zero-order valence-corrected chi connectivity index (χ0v) is 17.8. The summed E-state index contributed by atoms with van der Waals surface area (Å²) in [7, 11) is 0. The third-order valence-corrected chi connectivity index (χ3v) is 4.57. The summed E-state index contributed by atoms with van der Waals surface area (Å²) in [5.41, 5.74) is 0. The van der Waals surface area contributed by atoms with Crippen LogP contribution in [0.2, 0.25) is 0 Å². The molecule has 0 aliphatic carbocycles. The average Bonchev–Trinajstić information content (AvgIpc) is 2.71.